The lowest BCUT2D eigenvalue weighted by molar-refractivity contribution is 0.180. The van der Waals surface area contributed by atoms with E-state index in [2.05, 4.69) is 37.8 Å². The fourth-order valence-electron chi connectivity index (χ4n) is 2.29. The monoisotopic (exact) mass is 275 g/mol. The van der Waals surface area contributed by atoms with Crippen molar-refractivity contribution in [3.63, 3.8) is 0 Å². The third-order valence-corrected chi connectivity index (χ3v) is 4.68. The van der Waals surface area contributed by atoms with Crippen molar-refractivity contribution in [3.05, 3.63) is 0 Å². The molecule has 110 valence electrons. The number of rotatable bonds is 13. The standard InChI is InChI=1S/C15H33NOS/c1-5-8-9-15(6-2,10-13-18-7-3)14-16-11-12-17-4/h16H,5-14H2,1-4H3. The van der Waals surface area contributed by atoms with Crippen LogP contribution >= 0.6 is 11.8 Å². The number of ether oxygens (including phenoxy) is 1. The summed E-state index contributed by atoms with van der Waals surface area (Å²) in [7, 11) is 1.77. The minimum Gasteiger partial charge on any atom is -0.383 e. The molecule has 0 aromatic heterocycles. The average molecular weight is 276 g/mol. The topological polar surface area (TPSA) is 21.3 Å². The van der Waals surface area contributed by atoms with E-state index < -0.39 is 0 Å². The van der Waals surface area contributed by atoms with Gasteiger partial charge >= 0.3 is 0 Å². The number of unbranched alkanes of at least 4 members (excludes halogenated alkanes) is 1. The SMILES string of the molecule is CCCCC(CC)(CCSCC)CNCCOC. The van der Waals surface area contributed by atoms with Crippen LogP contribution < -0.4 is 5.32 Å². The van der Waals surface area contributed by atoms with E-state index in [1.54, 1.807) is 7.11 Å². The van der Waals surface area contributed by atoms with E-state index in [1.807, 2.05) is 0 Å². The van der Waals surface area contributed by atoms with Crippen LogP contribution in [0.4, 0.5) is 0 Å². The minimum absolute atomic E-state index is 0.506. The number of hydrogen-bond acceptors (Lipinski definition) is 3. The minimum atomic E-state index is 0.506. The Kier molecular flexibility index (Phi) is 12.5. The van der Waals surface area contributed by atoms with Crippen molar-refractivity contribution >= 4 is 11.8 Å². The molecule has 0 aliphatic rings. The van der Waals surface area contributed by atoms with Gasteiger partial charge in [-0.05, 0) is 36.2 Å². The molecule has 0 saturated heterocycles. The largest absolute Gasteiger partial charge is 0.383 e. The first-order valence-electron chi connectivity index (χ1n) is 7.52. The molecule has 1 N–H and O–H groups in total. The summed E-state index contributed by atoms with van der Waals surface area (Å²) in [5.41, 5.74) is 0.506. The van der Waals surface area contributed by atoms with Crippen molar-refractivity contribution in [2.24, 2.45) is 5.41 Å². The molecular formula is C15H33NOS. The molecule has 1 unspecified atom stereocenters. The summed E-state index contributed by atoms with van der Waals surface area (Å²) in [5, 5.41) is 3.58. The first-order chi connectivity index (χ1) is 8.74. The van der Waals surface area contributed by atoms with Crippen molar-refractivity contribution in [2.45, 2.75) is 52.9 Å². The fraction of sp³-hybridized carbons (Fsp3) is 1.00. The summed E-state index contributed by atoms with van der Waals surface area (Å²) >= 11 is 2.08. The number of nitrogens with one attached hydrogen (secondary N) is 1. The predicted octanol–water partition coefficient (Wildman–Crippen LogP) is 3.95. The summed E-state index contributed by atoms with van der Waals surface area (Å²) in [4.78, 5) is 0. The van der Waals surface area contributed by atoms with E-state index in [0.29, 0.717) is 5.41 Å². The highest BCUT2D eigenvalue weighted by molar-refractivity contribution is 7.99. The third kappa shape index (κ3) is 8.39. The summed E-state index contributed by atoms with van der Waals surface area (Å²) in [6.07, 6.45) is 6.67. The van der Waals surface area contributed by atoms with E-state index >= 15 is 0 Å². The van der Waals surface area contributed by atoms with Gasteiger partial charge in [0.1, 0.15) is 0 Å². The molecule has 0 amide bonds. The summed E-state index contributed by atoms with van der Waals surface area (Å²) in [5.74, 6) is 2.55. The Balaban J connectivity index is 4.15. The molecule has 1 atom stereocenters. The molecule has 0 rings (SSSR count). The maximum atomic E-state index is 5.10. The van der Waals surface area contributed by atoms with E-state index in [1.165, 1.54) is 43.6 Å². The lowest BCUT2D eigenvalue weighted by Crippen LogP contribution is -2.36. The highest BCUT2D eigenvalue weighted by atomic mass is 32.2. The lowest BCUT2D eigenvalue weighted by Gasteiger charge is -2.33. The first kappa shape index (κ1) is 18.3. The van der Waals surface area contributed by atoms with Crippen molar-refractivity contribution < 1.29 is 4.74 Å². The van der Waals surface area contributed by atoms with Gasteiger partial charge < -0.3 is 10.1 Å². The van der Waals surface area contributed by atoms with Crippen LogP contribution in [-0.4, -0.2) is 38.3 Å². The van der Waals surface area contributed by atoms with Crippen molar-refractivity contribution in [3.8, 4) is 0 Å². The third-order valence-electron chi connectivity index (χ3n) is 3.77. The number of hydrogen-bond donors (Lipinski definition) is 1. The first-order valence-corrected chi connectivity index (χ1v) is 8.67. The fourth-order valence-corrected chi connectivity index (χ4v) is 3.16. The highest BCUT2D eigenvalue weighted by Gasteiger charge is 2.26. The van der Waals surface area contributed by atoms with Gasteiger partial charge in [-0.25, -0.2) is 0 Å². The molecule has 0 saturated carbocycles. The van der Waals surface area contributed by atoms with Crippen molar-refractivity contribution in [1.29, 1.82) is 0 Å². The van der Waals surface area contributed by atoms with Gasteiger partial charge in [-0.1, -0.05) is 33.6 Å². The van der Waals surface area contributed by atoms with Gasteiger partial charge in [0.25, 0.3) is 0 Å². The van der Waals surface area contributed by atoms with Crippen LogP contribution in [0.2, 0.25) is 0 Å². The lowest BCUT2D eigenvalue weighted by atomic mass is 9.77. The average Bonchev–Trinajstić information content (AvgIpc) is 2.40. The maximum absolute atomic E-state index is 5.10. The second-order valence-corrected chi connectivity index (χ2v) is 6.47. The summed E-state index contributed by atoms with van der Waals surface area (Å²) in [6, 6.07) is 0. The van der Waals surface area contributed by atoms with Crippen molar-refractivity contribution in [2.75, 3.05) is 38.3 Å². The predicted molar refractivity (Wildman–Crippen MR) is 84.6 cm³/mol. The maximum Gasteiger partial charge on any atom is 0.0587 e. The van der Waals surface area contributed by atoms with Gasteiger partial charge in [-0.15, -0.1) is 0 Å². The molecule has 0 fully saturated rings. The van der Waals surface area contributed by atoms with Gasteiger partial charge in [0.15, 0.2) is 0 Å². The molecule has 0 aromatic carbocycles. The van der Waals surface area contributed by atoms with Crippen LogP contribution in [0.15, 0.2) is 0 Å². The molecule has 18 heavy (non-hydrogen) atoms. The molecule has 3 heteroatoms. The van der Waals surface area contributed by atoms with Crippen LogP contribution in [0.5, 0.6) is 0 Å². The van der Waals surface area contributed by atoms with Crippen LogP contribution in [0.1, 0.15) is 52.9 Å². The van der Waals surface area contributed by atoms with Gasteiger partial charge in [0.05, 0.1) is 6.61 Å². The molecule has 0 aliphatic carbocycles. The zero-order valence-corrected chi connectivity index (χ0v) is 13.7. The molecule has 0 bridgehead atoms. The van der Waals surface area contributed by atoms with E-state index in [9.17, 15) is 0 Å². The van der Waals surface area contributed by atoms with E-state index in [4.69, 9.17) is 4.74 Å². The summed E-state index contributed by atoms with van der Waals surface area (Å²) < 4.78 is 5.10. The van der Waals surface area contributed by atoms with Crippen molar-refractivity contribution in [1.82, 2.24) is 5.32 Å². The molecular weight excluding hydrogens is 242 g/mol. The molecule has 0 radical (unpaired) electrons. The number of thioether (sulfide) groups is 1. The highest BCUT2D eigenvalue weighted by Crippen LogP contribution is 2.33. The Hall–Kier alpha value is 0.270. The van der Waals surface area contributed by atoms with Crippen LogP contribution in [-0.2, 0) is 4.74 Å². The van der Waals surface area contributed by atoms with E-state index in [0.717, 1.165) is 19.7 Å². The van der Waals surface area contributed by atoms with Crippen LogP contribution in [0, 0.1) is 5.41 Å². The Morgan fingerprint density at radius 1 is 1.17 bits per heavy atom. The molecule has 0 aliphatic heterocycles. The Labute approximate surface area is 119 Å². The molecule has 0 aromatic rings. The van der Waals surface area contributed by atoms with Crippen LogP contribution in [0.25, 0.3) is 0 Å². The molecule has 2 nitrogen and oxygen atoms in total. The van der Waals surface area contributed by atoms with Gasteiger partial charge in [-0.3, -0.25) is 0 Å². The van der Waals surface area contributed by atoms with Crippen LogP contribution in [0.3, 0.4) is 0 Å². The van der Waals surface area contributed by atoms with E-state index in [-0.39, 0.29) is 0 Å². The second-order valence-electron chi connectivity index (χ2n) is 5.07. The Morgan fingerprint density at radius 3 is 2.50 bits per heavy atom. The van der Waals surface area contributed by atoms with Gasteiger partial charge in [0.2, 0.25) is 0 Å². The molecule has 0 heterocycles. The quantitative estimate of drug-likeness (QED) is 0.514. The zero-order valence-electron chi connectivity index (χ0n) is 12.9. The van der Waals surface area contributed by atoms with Gasteiger partial charge in [0, 0.05) is 20.2 Å². The molecule has 0 spiro atoms. The Morgan fingerprint density at radius 2 is 1.94 bits per heavy atom. The second kappa shape index (κ2) is 12.3. The number of methoxy groups -OCH3 is 1. The smallest absolute Gasteiger partial charge is 0.0587 e. The Bertz CT molecular complexity index is 178. The summed E-state index contributed by atoms with van der Waals surface area (Å²) in [6.45, 7) is 9.84. The zero-order chi connectivity index (χ0) is 13.7. The normalized spacial score (nSPS) is 14.7. The van der Waals surface area contributed by atoms with Gasteiger partial charge in [-0.2, -0.15) is 11.8 Å².